The predicted molar refractivity (Wildman–Crippen MR) is 109 cm³/mol. The van der Waals surface area contributed by atoms with Crippen LogP contribution in [0.15, 0.2) is 47.4 Å². The number of hydrogen-bond donors (Lipinski definition) is 1. The summed E-state index contributed by atoms with van der Waals surface area (Å²) in [5, 5.41) is 1.85. The molecule has 0 spiro atoms. The molecule has 0 radical (unpaired) electrons. The van der Waals surface area contributed by atoms with Gasteiger partial charge in [0.25, 0.3) is 17.1 Å². The van der Waals surface area contributed by atoms with Crippen LogP contribution >= 0.6 is 11.8 Å². The summed E-state index contributed by atoms with van der Waals surface area (Å²) in [6.07, 6.45) is 1.65. The molecule has 2 aromatic carbocycles. The highest BCUT2D eigenvalue weighted by molar-refractivity contribution is 8.18. The summed E-state index contributed by atoms with van der Waals surface area (Å²) in [4.78, 5) is 37.3. The summed E-state index contributed by atoms with van der Waals surface area (Å²) in [5.41, 5.74) is 2.40. The number of hydrogen-bond acceptors (Lipinski definition) is 6. The molecule has 1 N–H and O–H groups in total. The first-order valence-electron chi connectivity index (χ1n) is 9.00. The van der Waals surface area contributed by atoms with Crippen LogP contribution in [0.3, 0.4) is 0 Å². The Balaban J connectivity index is 1.32. The standard InChI is InChI=1S/C21H18N2O5S/c1-13-2-7-16-17(10-13)28-12-23(20(16)25)8-9-27-15-5-3-14(4-6-15)11-18-19(24)22-21(26)29-18/h2-7,10-11H,8-9,12H2,1H3,(H,22,24,26)/b18-11-. The lowest BCUT2D eigenvalue weighted by molar-refractivity contribution is -0.115. The van der Waals surface area contributed by atoms with E-state index in [1.807, 2.05) is 19.1 Å². The molecule has 29 heavy (non-hydrogen) atoms. The van der Waals surface area contributed by atoms with E-state index >= 15 is 0 Å². The number of thioether (sulfide) groups is 1. The molecule has 2 heterocycles. The molecule has 0 aliphatic carbocycles. The van der Waals surface area contributed by atoms with Crippen molar-refractivity contribution >= 4 is 34.9 Å². The molecule has 1 fully saturated rings. The molecule has 0 saturated carbocycles. The topological polar surface area (TPSA) is 84.9 Å². The normalized spacial score (nSPS) is 17.2. The third kappa shape index (κ3) is 4.27. The fourth-order valence-electron chi connectivity index (χ4n) is 2.97. The van der Waals surface area contributed by atoms with Crippen molar-refractivity contribution in [3.05, 3.63) is 64.1 Å². The minimum absolute atomic E-state index is 0.0706. The maximum atomic E-state index is 12.6. The van der Waals surface area contributed by atoms with E-state index in [9.17, 15) is 14.4 Å². The van der Waals surface area contributed by atoms with Crippen LogP contribution in [-0.2, 0) is 4.79 Å². The zero-order valence-corrected chi connectivity index (χ0v) is 16.5. The predicted octanol–water partition coefficient (Wildman–Crippen LogP) is 3.19. The number of benzene rings is 2. The van der Waals surface area contributed by atoms with Gasteiger partial charge < -0.3 is 14.4 Å². The molecule has 0 atom stereocenters. The molecule has 2 aliphatic rings. The van der Waals surface area contributed by atoms with Crippen LogP contribution in [0.25, 0.3) is 6.08 Å². The molecule has 1 saturated heterocycles. The van der Waals surface area contributed by atoms with Crippen molar-refractivity contribution in [3.63, 3.8) is 0 Å². The number of ether oxygens (including phenoxy) is 2. The fraction of sp³-hybridized carbons (Fsp3) is 0.190. The van der Waals surface area contributed by atoms with E-state index in [4.69, 9.17) is 9.47 Å². The van der Waals surface area contributed by atoms with Gasteiger partial charge in [0, 0.05) is 0 Å². The van der Waals surface area contributed by atoms with Crippen LogP contribution < -0.4 is 14.8 Å². The number of rotatable bonds is 5. The molecule has 7 nitrogen and oxygen atoms in total. The van der Waals surface area contributed by atoms with E-state index in [2.05, 4.69) is 5.32 Å². The van der Waals surface area contributed by atoms with Gasteiger partial charge in [0.1, 0.15) is 18.1 Å². The number of carbonyl (C=O) groups is 3. The summed E-state index contributed by atoms with van der Waals surface area (Å²) in [6, 6.07) is 12.7. The van der Waals surface area contributed by atoms with Gasteiger partial charge in [-0.3, -0.25) is 19.7 Å². The maximum Gasteiger partial charge on any atom is 0.290 e. The van der Waals surface area contributed by atoms with Crippen molar-refractivity contribution in [2.24, 2.45) is 0 Å². The molecule has 4 rings (SSSR count). The molecule has 148 valence electrons. The van der Waals surface area contributed by atoms with Crippen molar-refractivity contribution in [2.75, 3.05) is 19.9 Å². The van der Waals surface area contributed by atoms with Crippen LogP contribution in [-0.4, -0.2) is 41.8 Å². The third-order valence-corrected chi connectivity index (χ3v) is 5.29. The fourth-order valence-corrected chi connectivity index (χ4v) is 3.66. The number of carbonyl (C=O) groups excluding carboxylic acids is 3. The van der Waals surface area contributed by atoms with Crippen LogP contribution in [0.4, 0.5) is 4.79 Å². The molecule has 0 bridgehead atoms. The van der Waals surface area contributed by atoms with Gasteiger partial charge in [-0.15, -0.1) is 0 Å². The average Bonchev–Trinajstić information content (AvgIpc) is 3.01. The molecular weight excluding hydrogens is 392 g/mol. The van der Waals surface area contributed by atoms with E-state index < -0.39 is 0 Å². The number of aryl methyl sites for hydroxylation is 1. The van der Waals surface area contributed by atoms with E-state index in [0.29, 0.717) is 35.1 Å². The molecular formula is C21H18N2O5S. The van der Waals surface area contributed by atoms with Gasteiger partial charge >= 0.3 is 0 Å². The van der Waals surface area contributed by atoms with Crippen molar-refractivity contribution in [1.29, 1.82) is 0 Å². The maximum absolute atomic E-state index is 12.6. The number of nitrogens with one attached hydrogen (secondary N) is 1. The summed E-state index contributed by atoms with van der Waals surface area (Å²) in [6.45, 7) is 2.88. The lowest BCUT2D eigenvalue weighted by Gasteiger charge is -2.28. The Labute approximate surface area is 171 Å². The number of amides is 3. The van der Waals surface area contributed by atoms with Crippen LogP contribution in [0, 0.1) is 6.92 Å². The van der Waals surface area contributed by atoms with Gasteiger partial charge in [0.05, 0.1) is 17.0 Å². The number of fused-ring (bicyclic) bond motifs is 1. The first-order valence-corrected chi connectivity index (χ1v) is 9.82. The van der Waals surface area contributed by atoms with Crippen LogP contribution in [0.1, 0.15) is 21.5 Å². The van der Waals surface area contributed by atoms with E-state index in [1.165, 1.54) is 0 Å². The molecule has 0 aromatic heterocycles. The second-order valence-electron chi connectivity index (χ2n) is 6.61. The SMILES string of the molecule is Cc1ccc2c(c1)OCN(CCOc1ccc(/C=C3\SC(=O)NC3=O)cc1)C2=O. The quantitative estimate of drug-likeness (QED) is 0.762. The lowest BCUT2D eigenvalue weighted by Crippen LogP contribution is -2.41. The monoisotopic (exact) mass is 410 g/mol. The second kappa shape index (κ2) is 8.00. The molecule has 2 aliphatic heterocycles. The first-order chi connectivity index (χ1) is 14.0. The minimum atomic E-state index is -0.384. The van der Waals surface area contributed by atoms with Gasteiger partial charge in [-0.1, -0.05) is 18.2 Å². The minimum Gasteiger partial charge on any atom is -0.492 e. The van der Waals surface area contributed by atoms with Gasteiger partial charge in [-0.05, 0) is 60.2 Å². The Morgan fingerprint density at radius 2 is 1.97 bits per heavy atom. The summed E-state index contributed by atoms with van der Waals surface area (Å²) < 4.78 is 11.4. The second-order valence-corrected chi connectivity index (χ2v) is 7.63. The first kappa shape index (κ1) is 19.1. The summed E-state index contributed by atoms with van der Waals surface area (Å²) >= 11 is 0.879. The zero-order chi connectivity index (χ0) is 20.4. The highest BCUT2D eigenvalue weighted by atomic mass is 32.2. The largest absolute Gasteiger partial charge is 0.492 e. The highest BCUT2D eigenvalue weighted by Crippen LogP contribution is 2.27. The van der Waals surface area contributed by atoms with E-state index in [0.717, 1.165) is 22.9 Å². The Morgan fingerprint density at radius 1 is 1.17 bits per heavy atom. The smallest absolute Gasteiger partial charge is 0.290 e. The third-order valence-electron chi connectivity index (χ3n) is 4.48. The zero-order valence-electron chi connectivity index (χ0n) is 15.6. The molecule has 8 heteroatoms. The molecule has 2 aromatic rings. The Morgan fingerprint density at radius 3 is 2.69 bits per heavy atom. The van der Waals surface area contributed by atoms with E-state index in [-0.39, 0.29) is 23.8 Å². The van der Waals surface area contributed by atoms with Crippen LogP contribution in [0.5, 0.6) is 11.5 Å². The number of nitrogens with zero attached hydrogens (tertiary/aromatic N) is 1. The summed E-state index contributed by atoms with van der Waals surface area (Å²) in [5.74, 6) is 0.810. The van der Waals surface area contributed by atoms with Crippen molar-refractivity contribution in [2.45, 2.75) is 6.92 Å². The summed E-state index contributed by atoms with van der Waals surface area (Å²) in [7, 11) is 0. The van der Waals surface area contributed by atoms with Gasteiger partial charge in [0.2, 0.25) is 0 Å². The Bertz CT molecular complexity index is 1020. The molecule has 3 amide bonds. The van der Waals surface area contributed by atoms with E-state index in [1.54, 1.807) is 41.3 Å². The van der Waals surface area contributed by atoms with Crippen LogP contribution in [0.2, 0.25) is 0 Å². The average molecular weight is 410 g/mol. The van der Waals surface area contributed by atoms with Crippen molar-refractivity contribution in [3.8, 4) is 11.5 Å². The van der Waals surface area contributed by atoms with Gasteiger partial charge in [0.15, 0.2) is 6.73 Å². The number of imide groups is 1. The van der Waals surface area contributed by atoms with Crippen molar-refractivity contribution in [1.82, 2.24) is 10.2 Å². The van der Waals surface area contributed by atoms with Crippen molar-refractivity contribution < 1.29 is 23.9 Å². The Kier molecular flexibility index (Phi) is 5.26. The Hall–Kier alpha value is -3.26. The van der Waals surface area contributed by atoms with Gasteiger partial charge in [-0.25, -0.2) is 0 Å². The molecule has 0 unspecified atom stereocenters. The van der Waals surface area contributed by atoms with Gasteiger partial charge in [-0.2, -0.15) is 0 Å². The highest BCUT2D eigenvalue weighted by Gasteiger charge is 2.26. The lowest BCUT2D eigenvalue weighted by atomic mass is 10.1.